The van der Waals surface area contributed by atoms with Gasteiger partial charge in [0.05, 0.1) is 19.2 Å². The SMILES string of the molecule is CC#CCn1c(N2CCC[C@@H](N)C2)nc2c1c(=O)n(CC(O)c1ccccc1-c1cccnc1)c(=O)n2C. The van der Waals surface area contributed by atoms with E-state index in [0.717, 1.165) is 35.1 Å². The van der Waals surface area contributed by atoms with Gasteiger partial charge in [-0.25, -0.2) is 4.79 Å². The second-order valence-corrected chi connectivity index (χ2v) is 9.55. The van der Waals surface area contributed by atoms with Gasteiger partial charge in [-0.2, -0.15) is 4.98 Å². The summed E-state index contributed by atoms with van der Waals surface area (Å²) < 4.78 is 4.20. The fraction of sp³-hybridized carbons (Fsp3) is 0.357. The number of aliphatic hydroxyl groups is 1. The molecule has 0 radical (unpaired) electrons. The fourth-order valence-corrected chi connectivity index (χ4v) is 5.11. The molecule has 0 aliphatic carbocycles. The predicted molar refractivity (Wildman–Crippen MR) is 147 cm³/mol. The molecule has 1 fully saturated rings. The summed E-state index contributed by atoms with van der Waals surface area (Å²) in [5.74, 6) is 6.49. The largest absolute Gasteiger partial charge is 0.387 e. The van der Waals surface area contributed by atoms with Crippen LogP contribution in [0.3, 0.4) is 0 Å². The molecule has 4 aromatic rings. The number of piperidine rings is 1. The lowest BCUT2D eigenvalue weighted by Gasteiger charge is -2.31. The molecule has 1 aromatic carbocycles. The van der Waals surface area contributed by atoms with E-state index in [1.54, 1.807) is 37.0 Å². The maximum absolute atomic E-state index is 13.8. The lowest BCUT2D eigenvalue weighted by atomic mass is 9.97. The third kappa shape index (κ3) is 4.62. The van der Waals surface area contributed by atoms with Gasteiger partial charge in [0.25, 0.3) is 5.56 Å². The van der Waals surface area contributed by atoms with Crippen LogP contribution < -0.4 is 21.9 Å². The van der Waals surface area contributed by atoms with E-state index in [-0.39, 0.29) is 30.3 Å². The molecule has 3 aromatic heterocycles. The molecule has 10 heteroatoms. The molecule has 0 amide bonds. The van der Waals surface area contributed by atoms with Gasteiger partial charge < -0.3 is 15.7 Å². The zero-order valence-corrected chi connectivity index (χ0v) is 21.5. The number of hydrogen-bond donors (Lipinski definition) is 2. The third-order valence-electron chi connectivity index (χ3n) is 7.01. The van der Waals surface area contributed by atoms with Gasteiger partial charge in [-0.1, -0.05) is 36.3 Å². The molecule has 196 valence electrons. The normalized spacial score (nSPS) is 16.3. The molecule has 4 heterocycles. The van der Waals surface area contributed by atoms with Crippen molar-refractivity contribution in [1.82, 2.24) is 23.7 Å². The smallest absolute Gasteiger partial charge is 0.332 e. The first-order chi connectivity index (χ1) is 18.4. The third-order valence-corrected chi connectivity index (χ3v) is 7.01. The number of hydrogen-bond acceptors (Lipinski definition) is 7. The lowest BCUT2D eigenvalue weighted by Crippen LogP contribution is -2.44. The molecule has 0 saturated carbocycles. The Labute approximate surface area is 220 Å². The average Bonchev–Trinajstić information content (AvgIpc) is 3.33. The van der Waals surface area contributed by atoms with Crippen LogP contribution >= 0.6 is 0 Å². The second kappa shape index (κ2) is 10.7. The number of aromatic nitrogens is 5. The highest BCUT2D eigenvalue weighted by Crippen LogP contribution is 2.28. The Bertz CT molecular complexity index is 1640. The highest BCUT2D eigenvalue weighted by molar-refractivity contribution is 5.75. The van der Waals surface area contributed by atoms with Crippen LogP contribution in [0.25, 0.3) is 22.3 Å². The molecule has 2 atom stereocenters. The summed E-state index contributed by atoms with van der Waals surface area (Å²) in [6.07, 6.45) is 4.12. The number of fused-ring (bicyclic) bond motifs is 1. The number of anilines is 1. The van der Waals surface area contributed by atoms with E-state index >= 15 is 0 Å². The molecule has 1 unspecified atom stereocenters. The number of pyridine rings is 1. The van der Waals surface area contributed by atoms with Crippen LogP contribution in [0.1, 0.15) is 31.4 Å². The van der Waals surface area contributed by atoms with Gasteiger partial charge in [0, 0.05) is 44.1 Å². The van der Waals surface area contributed by atoms with Gasteiger partial charge in [-0.3, -0.25) is 23.5 Å². The molecular formula is C28H31N7O3. The topological polar surface area (TPSA) is 124 Å². The number of nitrogens with two attached hydrogens (primary N) is 1. The van der Waals surface area contributed by atoms with Crippen LogP contribution in [0.2, 0.25) is 0 Å². The van der Waals surface area contributed by atoms with Crippen LogP contribution in [-0.4, -0.2) is 47.9 Å². The number of imidazole rings is 1. The van der Waals surface area contributed by atoms with Crippen molar-refractivity contribution in [1.29, 1.82) is 0 Å². The van der Waals surface area contributed by atoms with Crippen molar-refractivity contribution in [3.05, 3.63) is 75.2 Å². The number of aliphatic hydroxyl groups excluding tert-OH is 1. The predicted octanol–water partition coefficient (Wildman–Crippen LogP) is 1.64. The average molecular weight is 514 g/mol. The van der Waals surface area contributed by atoms with E-state index < -0.39 is 17.4 Å². The summed E-state index contributed by atoms with van der Waals surface area (Å²) in [7, 11) is 1.59. The lowest BCUT2D eigenvalue weighted by molar-refractivity contribution is 0.153. The Kier molecular flexibility index (Phi) is 7.13. The number of benzene rings is 1. The van der Waals surface area contributed by atoms with Gasteiger partial charge in [-0.05, 0) is 37.0 Å². The van der Waals surface area contributed by atoms with Crippen molar-refractivity contribution >= 4 is 17.1 Å². The molecule has 0 bridgehead atoms. The highest BCUT2D eigenvalue weighted by atomic mass is 16.3. The first kappa shape index (κ1) is 25.4. The van der Waals surface area contributed by atoms with Gasteiger partial charge in [0.2, 0.25) is 5.95 Å². The van der Waals surface area contributed by atoms with Gasteiger partial charge in [0.1, 0.15) is 0 Å². The van der Waals surface area contributed by atoms with Gasteiger partial charge >= 0.3 is 5.69 Å². The van der Waals surface area contributed by atoms with E-state index in [9.17, 15) is 14.7 Å². The zero-order chi connectivity index (χ0) is 26.8. The highest BCUT2D eigenvalue weighted by Gasteiger charge is 2.27. The summed E-state index contributed by atoms with van der Waals surface area (Å²) in [6.45, 7) is 3.12. The van der Waals surface area contributed by atoms with Crippen molar-refractivity contribution < 1.29 is 5.11 Å². The summed E-state index contributed by atoms with van der Waals surface area (Å²) in [6, 6.07) is 11.1. The molecule has 0 spiro atoms. The van der Waals surface area contributed by atoms with Crippen LogP contribution in [0.15, 0.2) is 58.4 Å². The van der Waals surface area contributed by atoms with Crippen LogP contribution in [0.5, 0.6) is 0 Å². The molecule has 1 saturated heterocycles. The van der Waals surface area contributed by atoms with Crippen molar-refractivity contribution in [2.24, 2.45) is 12.8 Å². The Hall–Kier alpha value is -4.20. The van der Waals surface area contributed by atoms with Crippen LogP contribution in [0, 0.1) is 11.8 Å². The molecular weight excluding hydrogens is 482 g/mol. The van der Waals surface area contributed by atoms with E-state index in [2.05, 4.69) is 21.7 Å². The van der Waals surface area contributed by atoms with E-state index in [0.29, 0.717) is 18.1 Å². The first-order valence-corrected chi connectivity index (χ1v) is 12.7. The Balaban J connectivity index is 1.62. The Morgan fingerprint density at radius 3 is 2.74 bits per heavy atom. The quantitative estimate of drug-likeness (QED) is 0.376. The molecule has 10 nitrogen and oxygen atoms in total. The number of rotatable bonds is 6. The van der Waals surface area contributed by atoms with Crippen LogP contribution in [0.4, 0.5) is 5.95 Å². The Morgan fingerprint density at radius 1 is 1.18 bits per heavy atom. The maximum Gasteiger partial charge on any atom is 0.332 e. The van der Waals surface area contributed by atoms with Crippen molar-refractivity contribution in [3.63, 3.8) is 0 Å². The van der Waals surface area contributed by atoms with E-state index in [4.69, 9.17) is 10.7 Å². The minimum atomic E-state index is -1.11. The van der Waals surface area contributed by atoms with Crippen molar-refractivity contribution in [3.8, 4) is 23.0 Å². The minimum Gasteiger partial charge on any atom is -0.387 e. The Morgan fingerprint density at radius 2 is 2.00 bits per heavy atom. The standard InChI is InChI=1S/C28H31N7O3/c1-3-4-15-34-24-25(31-27(34)33-14-8-10-20(29)17-33)32(2)28(38)35(26(24)37)18-23(36)22-12-6-5-11-21(22)19-9-7-13-30-16-19/h5-7,9,11-13,16,20,23,36H,8,10,14-15,17-18,29H2,1-2H3/t20-,23?/m1/s1. The fourth-order valence-electron chi connectivity index (χ4n) is 5.11. The zero-order valence-electron chi connectivity index (χ0n) is 21.5. The monoisotopic (exact) mass is 513 g/mol. The second-order valence-electron chi connectivity index (χ2n) is 9.55. The number of nitrogens with zero attached hydrogens (tertiary/aromatic N) is 6. The molecule has 38 heavy (non-hydrogen) atoms. The summed E-state index contributed by atoms with van der Waals surface area (Å²) in [4.78, 5) is 38.2. The van der Waals surface area contributed by atoms with E-state index in [1.165, 1.54) is 4.57 Å². The molecule has 1 aliphatic heterocycles. The van der Waals surface area contributed by atoms with Crippen molar-refractivity contribution in [2.45, 2.75) is 45.0 Å². The summed E-state index contributed by atoms with van der Waals surface area (Å²) in [5, 5.41) is 11.3. The molecule has 1 aliphatic rings. The molecule has 3 N–H and O–H groups in total. The first-order valence-electron chi connectivity index (χ1n) is 12.7. The van der Waals surface area contributed by atoms with Crippen molar-refractivity contribution in [2.75, 3.05) is 18.0 Å². The van der Waals surface area contributed by atoms with Gasteiger partial charge in [0.15, 0.2) is 11.2 Å². The summed E-state index contributed by atoms with van der Waals surface area (Å²) >= 11 is 0. The number of aryl methyl sites for hydroxylation is 1. The minimum absolute atomic E-state index is 0.00442. The maximum atomic E-state index is 13.8. The van der Waals surface area contributed by atoms with E-state index in [1.807, 2.05) is 30.3 Å². The van der Waals surface area contributed by atoms with Gasteiger partial charge in [-0.15, -0.1) is 5.92 Å². The summed E-state index contributed by atoms with van der Waals surface area (Å²) in [5.41, 5.74) is 7.93. The van der Waals surface area contributed by atoms with Crippen LogP contribution in [-0.2, 0) is 20.1 Å². The molecule has 5 rings (SSSR count).